The third-order valence-electron chi connectivity index (χ3n) is 0.998. The molecule has 0 aliphatic carbocycles. The quantitative estimate of drug-likeness (QED) is 0.322. The van der Waals surface area contributed by atoms with Crippen molar-refractivity contribution in [2.45, 2.75) is 11.9 Å². The summed E-state index contributed by atoms with van der Waals surface area (Å²) in [6, 6.07) is 1.67. The molecule has 1 heterocycles. The molecule has 0 N–H and O–H groups in total. The second-order valence-corrected chi connectivity index (χ2v) is 2.15. The normalized spacial score (nSPS) is 9.56. The van der Waals surface area contributed by atoms with Crippen LogP contribution < -0.4 is 4.85 Å². The van der Waals surface area contributed by atoms with Crippen molar-refractivity contribution in [2.75, 3.05) is 0 Å². The standard InChI is InChI=1S/C5H6N2OS/c1-4-2-3-7(8)6-5(4)9/h2-3H,1H3,(H,6,9). The molecule has 0 saturated heterocycles. The zero-order chi connectivity index (χ0) is 6.85. The fourth-order valence-corrected chi connectivity index (χ4v) is 0.618. The maximum absolute atomic E-state index is 10.4. The third kappa shape index (κ3) is 1.32. The molecule has 1 aromatic rings. The second-order valence-electron chi connectivity index (χ2n) is 1.72. The zero-order valence-electron chi connectivity index (χ0n) is 4.90. The lowest BCUT2D eigenvalue weighted by Gasteiger charge is -1.94. The van der Waals surface area contributed by atoms with Crippen molar-refractivity contribution in [1.29, 1.82) is 0 Å². The minimum atomic E-state index is 0.479. The van der Waals surface area contributed by atoms with Gasteiger partial charge in [-0.2, -0.15) is 0 Å². The Bertz CT molecular complexity index is 226. The molecule has 1 rings (SSSR count). The van der Waals surface area contributed by atoms with E-state index in [1.165, 1.54) is 6.20 Å². The van der Waals surface area contributed by atoms with E-state index < -0.39 is 0 Å². The summed E-state index contributed by atoms with van der Waals surface area (Å²) in [5.41, 5.74) is 0.908. The minimum absolute atomic E-state index is 0.479. The lowest BCUT2D eigenvalue weighted by molar-refractivity contribution is -0.673. The molecule has 0 atom stereocenters. The Morgan fingerprint density at radius 1 is 1.78 bits per heavy atom. The molecule has 0 radical (unpaired) electrons. The highest BCUT2D eigenvalue weighted by Gasteiger charge is 1.96. The Morgan fingerprint density at radius 2 is 2.44 bits per heavy atom. The van der Waals surface area contributed by atoms with Gasteiger partial charge in [-0.25, -0.2) is 0 Å². The largest absolute Gasteiger partial charge is 0.594 e. The highest BCUT2D eigenvalue weighted by Crippen LogP contribution is 2.03. The van der Waals surface area contributed by atoms with Crippen LogP contribution in [-0.4, -0.2) is 5.10 Å². The molecule has 0 unspecified atom stereocenters. The summed E-state index contributed by atoms with van der Waals surface area (Å²) < 4.78 is 0. The Labute approximate surface area is 58.3 Å². The van der Waals surface area contributed by atoms with Gasteiger partial charge >= 0.3 is 0 Å². The van der Waals surface area contributed by atoms with Crippen LogP contribution in [0.5, 0.6) is 0 Å². The first-order chi connectivity index (χ1) is 4.20. The van der Waals surface area contributed by atoms with Gasteiger partial charge in [0.2, 0.25) is 6.20 Å². The summed E-state index contributed by atoms with van der Waals surface area (Å²) in [5, 5.41) is 14.4. The summed E-state index contributed by atoms with van der Waals surface area (Å²) >= 11 is 3.94. The number of nitrogens with zero attached hydrogens (tertiary/aromatic N) is 2. The van der Waals surface area contributed by atoms with Crippen LogP contribution in [0.15, 0.2) is 17.3 Å². The van der Waals surface area contributed by atoms with Crippen LogP contribution in [0.4, 0.5) is 0 Å². The van der Waals surface area contributed by atoms with E-state index in [9.17, 15) is 5.21 Å². The predicted octanol–water partition coefficient (Wildman–Crippen LogP) is 0.312. The van der Waals surface area contributed by atoms with Crippen LogP contribution in [0.25, 0.3) is 0 Å². The summed E-state index contributed by atoms with van der Waals surface area (Å²) in [7, 11) is 0. The monoisotopic (exact) mass is 142 g/mol. The first-order valence-corrected chi connectivity index (χ1v) is 2.91. The van der Waals surface area contributed by atoms with E-state index in [-0.39, 0.29) is 0 Å². The number of hydrogen-bond acceptors (Lipinski definition) is 3. The van der Waals surface area contributed by atoms with Crippen LogP contribution in [0.2, 0.25) is 0 Å². The maximum Gasteiger partial charge on any atom is 0.210 e. The van der Waals surface area contributed by atoms with Gasteiger partial charge < -0.3 is 5.21 Å². The van der Waals surface area contributed by atoms with Crippen LogP contribution in [0.1, 0.15) is 5.56 Å². The average molecular weight is 142 g/mol. The van der Waals surface area contributed by atoms with Gasteiger partial charge in [0.05, 0.1) is 0 Å². The average Bonchev–Trinajstić information content (AvgIpc) is 1.80. The molecule has 0 fully saturated rings. The summed E-state index contributed by atoms with van der Waals surface area (Å²) in [5.74, 6) is 0. The molecule has 0 aliphatic rings. The van der Waals surface area contributed by atoms with E-state index in [2.05, 4.69) is 17.7 Å². The second kappa shape index (κ2) is 2.23. The van der Waals surface area contributed by atoms with Crippen molar-refractivity contribution in [2.24, 2.45) is 0 Å². The first-order valence-electron chi connectivity index (χ1n) is 2.46. The van der Waals surface area contributed by atoms with Gasteiger partial charge in [0.25, 0.3) is 0 Å². The van der Waals surface area contributed by atoms with Crippen molar-refractivity contribution in [3.63, 3.8) is 0 Å². The molecule has 3 nitrogen and oxygen atoms in total. The summed E-state index contributed by atoms with van der Waals surface area (Å²) in [4.78, 5) is 0.481. The number of hydrogen-bond donors (Lipinski definition) is 1. The van der Waals surface area contributed by atoms with Crippen molar-refractivity contribution in [1.82, 2.24) is 5.10 Å². The molecule has 9 heavy (non-hydrogen) atoms. The SMILES string of the molecule is Cc1cc[n+]([O-])nc1S. The van der Waals surface area contributed by atoms with E-state index in [1.807, 2.05) is 6.92 Å². The van der Waals surface area contributed by atoms with Gasteiger partial charge in [-0.3, -0.25) is 0 Å². The van der Waals surface area contributed by atoms with Gasteiger partial charge in [-0.15, -0.1) is 12.6 Å². The Balaban J connectivity index is 3.17. The Morgan fingerprint density at radius 3 is 2.89 bits per heavy atom. The topological polar surface area (TPSA) is 39.8 Å². The van der Waals surface area contributed by atoms with Crippen molar-refractivity contribution < 1.29 is 4.85 Å². The zero-order valence-corrected chi connectivity index (χ0v) is 5.80. The molecule has 0 aliphatic heterocycles. The molecule has 0 amide bonds. The molecule has 0 spiro atoms. The van der Waals surface area contributed by atoms with Crippen LogP contribution in [-0.2, 0) is 0 Å². The lowest BCUT2D eigenvalue weighted by atomic mass is 10.4. The smallest absolute Gasteiger partial charge is 0.210 e. The number of aromatic nitrogens is 2. The third-order valence-corrected chi connectivity index (χ3v) is 1.44. The van der Waals surface area contributed by atoms with Crippen molar-refractivity contribution >= 4 is 12.6 Å². The lowest BCUT2D eigenvalue weighted by Crippen LogP contribution is -2.30. The van der Waals surface area contributed by atoms with E-state index in [4.69, 9.17) is 0 Å². The fourth-order valence-electron chi connectivity index (χ4n) is 0.456. The first kappa shape index (κ1) is 6.35. The molecular formula is C5H6N2OS. The minimum Gasteiger partial charge on any atom is -0.594 e. The van der Waals surface area contributed by atoms with E-state index in [1.54, 1.807) is 6.07 Å². The van der Waals surface area contributed by atoms with E-state index >= 15 is 0 Å². The number of thiol groups is 1. The van der Waals surface area contributed by atoms with Gasteiger partial charge in [0.15, 0.2) is 5.03 Å². The molecule has 1 aromatic heterocycles. The van der Waals surface area contributed by atoms with Gasteiger partial charge in [-0.05, 0) is 12.5 Å². The molecule has 4 heteroatoms. The molecule has 0 bridgehead atoms. The van der Waals surface area contributed by atoms with Gasteiger partial charge in [-0.1, -0.05) is 4.85 Å². The maximum atomic E-state index is 10.4. The molecule has 48 valence electrons. The Kier molecular flexibility index (Phi) is 1.57. The highest BCUT2D eigenvalue weighted by molar-refractivity contribution is 7.80. The number of rotatable bonds is 0. The van der Waals surface area contributed by atoms with Crippen molar-refractivity contribution in [3.8, 4) is 0 Å². The summed E-state index contributed by atoms with van der Waals surface area (Å²) in [6.45, 7) is 1.84. The number of aryl methyl sites for hydroxylation is 1. The van der Waals surface area contributed by atoms with Crippen molar-refractivity contribution in [3.05, 3.63) is 23.0 Å². The van der Waals surface area contributed by atoms with Gasteiger partial charge in [0.1, 0.15) is 0 Å². The fraction of sp³-hybridized carbons (Fsp3) is 0.200. The summed E-state index contributed by atoms with van der Waals surface area (Å²) in [6.07, 6.45) is 1.34. The molecule has 0 aromatic carbocycles. The van der Waals surface area contributed by atoms with Gasteiger partial charge in [0, 0.05) is 11.2 Å². The predicted molar refractivity (Wildman–Crippen MR) is 35.2 cm³/mol. The van der Waals surface area contributed by atoms with Crippen LogP contribution >= 0.6 is 12.6 Å². The van der Waals surface area contributed by atoms with Crippen LogP contribution in [0, 0.1) is 12.1 Å². The molecule has 0 saturated carbocycles. The van der Waals surface area contributed by atoms with Crippen LogP contribution in [0.3, 0.4) is 0 Å². The van der Waals surface area contributed by atoms with E-state index in [0.29, 0.717) is 9.87 Å². The Hall–Kier alpha value is -0.770. The molecular weight excluding hydrogens is 136 g/mol. The van der Waals surface area contributed by atoms with E-state index in [0.717, 1.165) is 5.56 Å². The highest BCUT2D eigenvalue weighted by atomic mass is 32.1.